The molecule has 5 rings (SSSR count). The smallest absolute Gasteiger partial charge is 0.160 e. The average Bonchev–Trinajstić information content (AvgIpc) is 3.23. The van der Waals surface area contributed by atoms with Crippen LogP contribution in [0.4, 0.5) is 11.5 Å². The van der Waals surface area contributed by atoms with Gasteiger partial charge >= 0.3 is 0 Å². The second-order valence-electron chi connectivity index (χ2n) is 9.06. The lowest BCUT2D eigenvalue weighted by Gasteiger charge is -2.40. The van der Waals surface area contributed by atoms with E-state index in [1.54, 1.807) is 6.20 Å². The highest BCUT2D eigenvalue weighted by Gasteiger charge is 2.29. The molecule has 1 aliphatic carbocycles. The minimum Gasteiger partial charge on any atom is -0.336 e. The first-order valence-electron chi connectivity index (χ1n) is 10.2. The van der Waals surface area contributed by atoms with Gasteiger partial charge in [-0.3, -0.25) is 14.7 Å². The molecule has 8 heteroatoms. The normalized spacial score (nSPS) is 19.4. The van der Waals surface area contributed by atoms with E-state index in [4.69, 9.17) is 4.98 Å². The maximum Gasteiger partial charge on any atom is 0.160 e. The fourth-order valence-electron chi connectivity index (χ4n) is 4.01. The van der Waals surface area contributed by atoms with E-state index < -0.39 is 0 Å². The predicted molar refractivity (Wildman–Crippen MR) is 109 cm³/mol. The molecule has 2 aliphatic rings. The van der Waals surface area contributed by atoms with Crippen molar-refractivity contribution in [1.82, 2.24) is 34.8 Å². The first-order chi connectivity index (χ1) is 13.5. The van der Waals surface area contributed by atoms with Crippen LogP contribution in [-0.4, -0.2) is 53.5 Å². The average molecular weight is 381 g/mol. The van der Waals surface area contributed by atoms with E-state index in [2.05, 4.69) is 62.1 Å². The Morgan fingerprint density at radius 3 is 2.57 bits per heavy atom. The van der Waals surface area contributed by atoms with Gasteiger partial charge in [-0.25, -0.2) is 9.97 Å². The Balaban J connectivity index is 1.32. The van der Waals surface area contributed by atoms with Crippen molar-refractivity contribution in [2.24, 2.45) is 0 Å². The van der Waals surface area contributed by atoms with Crippen LogP contribution in [0.5, 0.6) is 0 Å². The van der Waals surface area contributed by atoms with Crippen molar-refractivity contribution >= 4 is 22.5 Å². The van der Waals surface area contributed by atoms with Crippen molar-refractivity contribution in [2.75, 3.05) is 18.4 Å². The van der Waals surface area contributed by atoms with Crippen LogP contribution in [0.3, 0.4) is 0 Å². The fraction of sp³-hybridized carbons (Fsp3) is 0.600. The van der Waals surface area contributed by atoms with E-state index in [1.807, 2.05) is 6.20 Å². The number of hydrogen-bond acceptors (Lipinski definition) is 6. The molecule has 2 fully saturated rings. The highest BCUT2D eigenvalue weighted by Crippen LogP contribution is 2.39. The molecule has 0 atom stereocenters. The number of likely N-dealkylation sites (tertiary alicyclic amines) is 1. The lowest BCUT2D eigenvalue weighted by atomic mass is 9.98. The van der Waals surface area contributed by atoms with Crippen molar-refractivity contribution in [3.05, 3.63) is 24.4 Å². The third-order valence-corrected chi connectivity index (χ3v) is 5.91. The van der Waals surface area contributed by atoms with Crippen LogP contribution in [-0.2, 0) is 0 Å². The highest BCUT2D eigenvalue weighted by molar-refractivity contribution is 5.86. The van der Waals surface area contributed by atoms with Gasteiger partial charge < -0.3 is 5.32 Å². The number of hydrogen-bond donors (Lipinski definition) is 2. The molecule has 2 N–H and O–H groups in total. The Bertz CT molecular complexity index is 970. The van der Waals surface area contributed by atoms with Gasteiger partial charge in [0.05, 0.1) is 24.1 Å². The van der Waals surface area contributed by atoms with Gasteiger partial charge in [0.25, 0.3) is 0 Å². The van der Waals surface area contributed by atoms with Gasteiger partial charge in [-0.2, -0.15) is 10.2 Å². The highest BCUT2D eigenvalue weighted by atomic mass is 15.3. The second-order valence-corrected chi connectivity index (χ2v) is 9.06. The quantitative estimate of drug-likeness (QED) is 0.719. The van der Waals surface area contributed by atoms with Crippen molar-refractivity contribution < 1.29 is 0 Å². The van der Waals surface area contributed by atoms with E-state index in [0.717, 1.165) is 54.3 Å². The van der Waals surface area contributed by atoms with E-state index in [0.29, 0.717) is 12.0 Å². The molecule has 0 unspecified atom stereocenters. The zero-order valence-electron chi connectivity index (χ0n) is 16.8. The van der Waals surface area contributed by atoms with E-state index in [1.165, 1.54) is 12.8 Å². The Morgan fingerprint density at radius 2 is 1.86 bits per heavy atom. The summed E-state index contributed by atoms with van der Waals surface area (Å²) in [6.07, 6.45) is 10.4. The van der Waals surface area contributed by atoms with E-state index in [9.17, 15) is 0 Å². The lowest BCUT2D eigenvalue weighted by molar-refractivity contribution is 0.0870. The molecule has 0 amide bonds. The minimum absolute atomic E-state index is 0.240. The van der Waals surface area contributed by atoms with Crippen LogP contribution in [0, 0.1) is 0 Å². The molecular weight excluding hydrogens is 352 g/mol. The van der Waals surface area contributed by atoms with Crippen molar-refractivity contribution in [2.45, 2.75) is 64.0 Å². The van der Waals surface area contributed by atoms with Crippen LogP contribution in [0.25, 0.3) is 11.0 Å². The Hall–Kier alpha value is -2.48. The number of aromatic amines is 1. The van der Waals surface area contributed by atoms with Gasteiger partial charge in [-0.1, -0.05) is 0 Å². The number of piperidine rings is 1. The maximum absolute atomic E-state index is 4.75. The largest absolute Gasteiger partial charge is 0.336 e. The molecule has 1 aliphatic heterocycles. The van der Waals surface area contributed by atoms with Crippen molar-refractivity contribution in [3.8, 4) is 0 Å². The van der Waals surface area contributed by atoms with Crippen molar-refractivity contribution in [1.29, 1.82) is 0 Å². The number of anilines is 2. The van der Waals surface area contributed by atoms with Crippen LogP contribution >= 0.6 is 0 Å². The van der Waals surface area contributed by atoms with E-state index >= 15 is 0 Å². The summed E-state index contributed by atoms with van der Waals surface area (Å²) in [5.41, 5.74) is 2.90. The fourth-order valence-corrected chi connectivity index (χ4v) is 4.01. The predicted octanol–water partition coefficient (Wildman–Crippen LogP) is 3.61. The summed E-state index contributed by atoms with van der Waals surface area (Å²) in [6.45, 7) is 9.09. The molecule has 0 spiro atoms. The molecule has 3 aromatic rings. The molecule has 1 saturated carbocycles. The number of nitrogens with zero attached hydrogens (tertiary/aromatic N) is 6. The van der Waals surface area contributed by atoms with Crippen LogP contribution in [0.1, 0.15) is 64.2 Å². The van der Waals surface area contributed by atoms with Crippen LogP contribution < -0.4 is 5.32 Å². The number of nitrogens with one attached hydrogen (secondary N) is 2. The molecule has 28 heavy (non-hydrogen) atoms. The first kappa shape index (κ1) is 17.6. The number of fused-ring (bicyclic) bond motifs is 1. The third-order valence-electron chi connectivity index (χ3n) is 5.91. The van der Waals surface area contributed by atoms with Gasteiger partial charge in [0.15, 0.2) is 5.82 Å². The summed E-state index contributed by atoms with van der Waals surface area (Å²) in [5.74, 6) is 2.19. The molecule has 8 nitrogen and oxygen atoms in total. The standard InChI is InChI=1S/C20H28N8/c1-20(2,3)27-8-6-15(7-9-27)28-12-14(10-22-28)23-19-17-16(11-21-26-17)24-18(25-19)13-4-5-13/h10-13,15H,4-9H2,1-3H3,(H,21,26)(H,23,24,25). The molecule has 0 bridgehead atoms. The summed E-state index contributed by atoms with van der Waals surface area (Å²) in [4.78, 5) is 11.9. The summed E-state index contributed by atoms with van der Waals surface area (Å²) < 4.78 is 2.11. The summed E-state index contributed by atoms with van der Waals surface area (Å²) in [7, 11) is 0. The molecule has 0 aromatic carbocycles. The summed E-state index contributed by atoms with van der Waals surface area (Å²) >= 11 is 0. The Labute approximate surface area is 164 Å². The number of aromatic nitrogens is 6. The maximum atomic E-state index is 4.75. The molecular formula is C20H28N8. The van der Waals surface area contributed by atoms with Gasteiger partial charge in [-0.15, -0.1) is 0 Å². The first-order valence-corrected chi connectivity index (χ1v) is 10.2. The number of H-pyrrole nitrogens is 1. The van der Waals surface area contributed by atoms with Gasteiger partial charge in [0, 0.05) is 30.7 Å². The van der Waals surface area contributed by atoms with Crippen LogP contribution in [0.15, 0.2) is 18.6 Å². The Kier molecular flexibility index (Phi) is 4.12. The van der Waals surface area contributed by atoms with Gasteiger partial charge in [0.1, 0.15) is 16.9 Å². The SMILES string of the molecule is CC(C)(C)N1CCC(n2cc(Nc3nc(C4CC4)nc4cn[nH]c34)cn2)CC1. The monoisotopic (exact) mass is 380 g/mol. The third kappa shape index (κ3) is 3.37. The Morgan fingerprint density at radius 1 is 1.07 bits per heavy atom. The summed E-state index contributed by atoms with van der Waals surface area (Å²) in [6, 6.07) is 0.453. The molecule has 148 valence electrons. The van der Waals surface area contributed by atoms with E-state index in [-0.39, 0.29) is 5.54 Å². The number of rotatable bonds is 4. The van der Waals surface area contributed by atoms with Crippen molar-refractivity contribution in [3.63, 3.8) is 0 Å². The molecule has 1 saturated heterocycles. The topological polar surface area (TPSA) is 87.5 Å². The molecule has 3 aromatic heterocycles. The zero-order valence-corrected chi connectivity index (χ0v) is 16.8. The lowest BCUT2D eigenvalue weighted by Crippen LogP contribution is -2.46. The second kappa shape index (κ2) is 6.55. The van der Waals surface area contributed by atoms with Gasteiger partial charge in [0.2, 0.25) is 0 Å². The molecule has 4 heterocycles. The minimum atomic E-state index is 0.240. The molecule has 0 radical (unpaired) electrons. The summed E-state index contributed by atoms with van der Waals surface area (Å²) in [5, 5.41) is 15.2. The van der Waals surface area contributed by atoms with Crippen LogP contribution in [0.2, 0.25) is 0 Å². The van der Waals surface area contributed by atoms with Gasteiger partial charge in [-0.05, 0) is 46.5 Å². The zero-order chi connectivity index (χ0) is 19.3.